The Hall–Kier alpha value is -19.5. The van der Waals surface area contributed by atoms with Gasteiger partial charge in [-0.25, -0.2) is 0 Å². The van der Waals surface area contributed by atoms with E-state index in [2.05, 4.69) is 392 Å². The van der Waals surface area contributed by atoms with Crippen LogP contribution in [0, 0.1) is 0 Å². The molecule has 0 fully saturated rings. The molecule has 3 aliphatic carbocycles. The molecule has 0 spiro atoms. The van der Waals surface area contributed by atoms with E-state index in [1.165, 1.54) is 131 Å². The summed E-state index contributed by atoms with van der Waals surface area (Å²) < 4.78 is 7.32. The molecule has 0 saturated heterocycles. The van der Waals surface area contributed by atoms with Gasteiger partial charge in [-0.2, -0.15) is 0 Å². The minimum atomic E-state index is 0. The molecule has 0 N–H and O–H groups in total. The van der Waals surface area contributed by atoms with E-state index in [0.717, 1.165) is 191 Å². The highest BCUT2D eigenvalue weighted by molar-refractivity contribution is 6.22. The first kappa shape index (κ1) is 84.4. The van der Waals surface area contributed by atoms with Crippen LogP contribution in [0.3, 0.4) is 0 Å². The van der Waals surface area contributed by atoms with Gasteiger partial charge in [-0.15, -0.1) is 0 Å². The summed E-state index contributed by atoms with van der Waals surface area (Å²) in [5.41, 5.74) is 38.5. The van der Waals surface area contributed by atoms with Crippen LogP contribution in [0.4, 0.5) is 0 Å². The molecule has 13 heteroatoms. The normalized spacial score (nSPS) is 12.5. The van der Waals surface area contributed by atoms with Gasteiger partial charge in [0.1, 0.15) is 0 Å². The third-order valence-corrected chi connectivity index (χ3v) is 30.2. The van der Waals surface area contributed by atoms with Crippen LogP contribution in [0.1, 0.15) is 40.8 Å². The summed E-state index contributed by atoms with van der Waals surface area (Å²) in [4.78, 5) is 48.2. The van der Waals surface area contributed by atoms with E-state index in [1.54, 1.807) is 0 Å². The molecular formula is C134H85N13. The SMILES string of the molecule is C.C1=Cc2cccc3cc4c(c(c23)C1)c1ccccc1n4-c1cc(-c2cnc3c(ccc4cccnc43)c2)cc(-c2cnc3c(ccc4cccnc43)c2)c1.C1=Cc2cccc3cc4c(c(c23)C1)c1ccccc1n4-c1ccc(-c2cnc3c(ccc4cccnc43)c2)c(-c2ccccn2)c1.C1=Cc2cccc3cc4c(c(c23)C1)c1ccccc1n4-c1ccc(-c2cnc3c(ccc4cccnc43)c2)cc1-c1ccccn1. The maximum absolute atomic E-state index is 5.03. The number of para-hydroxylation sites is 3. The Morgan fingerprint density at radius 2 is 0.544 bits per heavy atom. The third-order valence-electron chi connectivity index (χ3n) is 30.2. The fourth-order valence-corrected chi connectivity index (χ4v) is 23.8. The summed E-state index contributed by atoms with van der Waals surface area (Å²) in [5.74, 6) is 0. The summed E-state index contributed by atoms with van der Waals surface area (Å²) in [7, 11) is 0. The average Bonchev–Trinajstić information content (AvgIpc) is 1.56. The number of hydrogen-bond donors (Lipinski definition) is 0. The molecule has 13 aromatic heterocycles. The van der Waals surface area contributed by atoms with Gasteiger partial charge in [-0.05, 0) is 259 Å². The second-order valence-corrected chi connectivity index (χ2v) is 38.4. The number of fused-ring (bicyclic) bond motifs is 24. The zero-order chi connectivity index (χ0) is 95.7. The number of benzene rings is 16. The van der Waals surface area contributed by atoms with E-state index < -0.39 is 0 Å². The molecule has 0 unspecified atom stereocenters. The van der Waals surface area contributed by atoms with E-state index in [4.69, 9.17) is 29.9 Å². The quantitative estimate of drug-likeness (QED) is 0.128. The van der Waals surface area contributed by atoms with Gasteiger partial charge in [-0.3, -0.25) is 49.8 Å². The Morgan fingerprint density at radius 3 is 0.973 bits per heavy atom. The van der Waals surface area contributed by atoms with E-state index in [1.807, 2.05) is 98.4 Å². The topological polar surface area (TPSA) is 144 Å². The molecule has 29 aromatic rings. The van der Waals surface area contributed by atoms with Crippen molar-refractivity contribution in [2.24, 2.45) is 0 Å². The molecule has 147 heavy (non-hydrogen) atoms. The van der Waals surface area contributed by atoms with Crippen LogP contribution in [-0.4, -0.2) is 63.5 Å². The van der Waals surface area contributed by atoms with Crippen LogP contribution in [-0.2, 0) is 19.3 Å². The first-order valence-corrected chi connectivity index (χ1v) is 49.6. The summed E-state index contributed by atoms with van der Waals surface area (Å²) in [6.45, 7) is 0. The number of hydrogen-bond acceptors (Lipinski definition) is 10. The van der Waals surface area contributed by atoms with Crippen LogP contribution < -0.4 is 0 Å². The van der Waals surface area contributed by atoms with Crippen molar-refractivity contribution in [2.75, 3.05) is 0 Å². The maximum Gasteiger partial charge on any atom is 0.0964 e. The van der Waals surface area contributed by atoms with Gasteiger partial charge in [0.2, 0.25) is 0 Å². The van der Waals surface area contributed by atoms with Crippen LogP contribution in [0.15, 0.2) is 438 Å². The Labute approximate surface area is 843 Å². The van der Waals surface area contributed by atoms with Crippen molar-refractivity contribution >= 4 is 203 Å². The van der Waals surface area contributed by atoms with Gasteiger partial charge < -0.3 is 13.7 Å². The van der Waals surface area contributed by atoms with Crippen LogP contribution >= 0.6 is 0 Å². The lowest BCUT2D eigenvalue weighted by molar-refractivity contribution is 1.17. The number of aromatic nitrogens is 13. The molecule has 0 amide bonds. The molecule has 0 atom stereocenters. The van der Waals surface area contributed by atoms with Crippen molar-refractivity contribution in [1.29, 1.82) is 0 Å². The van der Waals surface area contributed by atoms with Crippen molar-refractivity contribution in [3.8, 4) is 84.1 Å². The standard InChI is InChI=1S/C49H29N5.2C42H26N4.CH4/c1-2-14-42-40(12-1)45-41-13-4-8-29-7-3-9-32(44(29)41)26-43(45)54(42)39-24-35(37-21-33-17-15-30-10-5-19-50-46(30)48(33)52-27-37)23-36(25-39)38-22-34-18-16-31-11-6-20-51-47(31)49(34)53-28-38;1-2-15-36-32(12-1)40-33-13-6-9-26-8-5-10-29(39(26)33)24-38(40)46(36)37-19-18-28(23-34(37)35-14-3-4-20-43-35)31-22-30-17-16-27-11-7-21-44-41(27)42(30)45-25-31;1-2-15-37-33(12-1)40-34-13-6-9-26-8-5-10-28(39(26)34)23-38(40)46(37)31-18-19-32(35(24-31)36-14-3-4-20-43-36)30-22-29-17-16-27-11-7-21-44-41(27)42(29)45-25-30;/h1-12,14-28H,13H2;2*1-12,14-25H,13H2;1H4. The van der Waals surface area contributed by atoms with Crippen molar-refractivity contribution in [3.63, 3.8) is 0 Å². The summed E-state index contributed by atoms with van der Waals surface area (Å²) >= 11 is 0. The minimum Gasteiger partial charge on any atom is -0.309 e. The zero-order valence-electron chi connectivity index (χ0n) is 78.7. The summed E-state index contributed by atoms with van der Waals surface area (Å²) in [6, 6.07) is 128. The first-order valence-electron chi connectivity index (χ1n) is 49.6. The molecule has 3 aliphatic rings. The van der Waals surface area contributed by atoms with Gasteiger partial charge >= 0.3 is 0 Å². The highest BCUT2D eigenvalue weighted by atomic mass is 15.0. The van der Waals surface area contributed by atoms with Gasteiger partial charge in [0.15, 0.2) is 0 Å². The second kappa shape index (κ2) is 33.9. The monoisotopic (exact) mass is 1880 g/mol. The van der Waals surface area contributed by atoms with Gasteiger partial charge in [0.05, 0.1) is 94.3 Å². The minimum absolute atomic E-state index is 0. The number of pyridine rings is 10. The Morgan fingerprint density at radius 1 is 0.190 bits per heavy atom. The second-order valence-electron chi connectivity index (χ2n) is 38.4. The van der Waals surface area contributed by atoms with Crippen molar-refractivity contribution in [3.05, 3.63) is 471 Å². The molecule has 16 aromatic carbocycles. The molecular weight excluding hydrogens is 1790 g/mol. The predicted molar refractivity (Wildman–Crippen MR) is 610 cm³/mol. The zero-order valence-corrected chi connectivity index (χ0v) is 78.7. The number of rotatable bonds is 9. The van der Waals surface area contributed by atoms with Crippen LogP contribution in [0.2, 0.25) is 0 Å². The predicted octanol–water partition coefficient (Wildman–Crippen LogP) is 33.3. The maximum atomic E-state index is 5.03. The largest absolute Gasteiger partial charge is 0.309 e. The van der Waals surface area contributed by atoms with Gasteiger partial charge in [-0.1, -0.05) is 250 Å². The Balaban J connectivity index is 0.000000104. The highest BCUT2D eigenvalue weighted by Gasteiger charge is 2.28. The van der Waals surface area contributed by atoms with E-state index in [-0.39, 0.29) is 7.43 Å². The fraction of sp³-hybridized carbons (Fsp3) is 0.0299. The lowest BCUT2D eigenvalue weighted by atomic mass is 9.90. The summed E-state index contributed by atoms with van der Waals surface area (Å²) in [6.07, 6.45) is 35.5. The Kier molecular flexibility index (Phi) is 19.4. The first-order chi connectivity index (χ1) is 72.4. The lowest BCUT2D eigenvalue weighted by Gasteiger charge is -2.17. The molecule has 32 rings (SSSR count). The fourth-order valence-electron chi connectivity index (χ4n) is 23.8. The lowest BCUT2D eigenvalue weighted by Crippen LogP contribution is -2.00. The van der Waals surface area contributed by atoms with E-state index in [9.17, 15) is 0 Å². The van der Waals surface area contributed by atoms with Crippen molar-refractivity contribution in [1.82, 2.24) is 63.5 Å². The molecule has 0 saturated carbocycles. The molecule has 686 valence electrons. The van der Waals surface area contributed by atoms with Crippen LogP contribution in [0.25, 0.3) is 287 Å². The highest BCUT2D eigenvalue weighted by Crippen LogP contribution is 2.50. The molecule has 0 radical (unpaired) electrons. The van der Waals surface area contributed by atoms with Gasteiger partial charge in [0, 0.05) is 182 Å². The Bertz CT molecular complexity index is 10700. The van der Waals surface area contributed by atoms with E-state index in [0.29, 0.717) is 0 Å². The van der Waals surface area contributed by atoms with Crippen LogP contribution in [0.5, 0.6) is 0 Å². The molecule has 13 nitrogen and oxygen atoms in total. The number of nitrogens with zero attached hydrogens (tertiary/aromatic N) is 13. The van der Waals surface area contributed by atoms with Crippen molar-refractivity contribution < 1.29 is 0 Å². The van der Waals surface area contributed by atoms with E-state index >= 15 is 0 Å². The molecule has 0 aliphatic heterocycles. The molecule has 13 heterocycles. The third kappa shape index (κ3) is 13.6. The smallest absolute Gasteiger partial charge is 0.0964 e. The average molecular weight is 1880 g/mol. The van der Waals surface area contributed by atoms with Crippen molar-refractivity contribution in [2.45, 2.75) is 26.7 Å². The summed E-state index contributed by atoms with van der Waals surface area (Å²) in [5, 5.41) is 24.3. The van der Waals surface area contributed by atoms with Gasteiger partial charge in [0.25, 0.3) is 0 Å². The molecule has 0 bridgehead atoms. The number of allylic oxidation sites excluding steroid dienone is 3.